The van der Waals surface area contributed by atoms with E-state index < -0.39 is 5.41 Å². The van der Waals surface area contributed by atoms with Crippen LogP contribution in [0, 0.1) is 5.92 Å². The summed E-state index contributed by atoms with van der Waals surface area (Å²) in [4.78, 5) is 14.0. The van der Waals surface area contributed by atoms with E-state index in [-0.39, 0.29) is 0 Å². The van der Waals surface area contributed by atoms with Crippen molar-refractivity contribution in [2.45, 2.75) is 38.5 Å². The highest BCUT2D eigenvalue weighted by atomic mass is 16.6. The molecule has 1 saturated heterocycles. The van der Waals surface area contributed by atoms with Crippen molar-refractivity contribution in [1.82, 2.24) is 15.3 Å². The number of benzene rings is 1. The van der Waals surface area contributed by atoms with Gasteiger partial charge in [-0.05, 0) is 63.7 Å². The standard InChI is InChI=1S/C21H27N5O/c1-21(2)17-18(24-12-25-20(17)22)15-5-4-14(10-13-6-8-23-9-7-13)11-16(15)19(21)26-27-3/h4-5,11-13,23H,6-10H2,1-3H3,(H2,22,24,25)/b26-19+. The van der Waals surface area contributed by atoms with Gasteiger partial charge in [0.15, 0.2) is 0 Å². The molecule has 0 saturated carbocycles. The average molecular weight is 365 g/mol. The Morgan fingerprint density at radius 2 is 2.00 bits per heavy atom. The molecule has 1 aliphatic carbocycles. The van der Waals surface area contributed by atoms with E-state index in [1.165, 1.54) is 24.7 Å². The fourth-order valence-corrected chi connectivity index (χ4v) is 4.47. The van der Waals surface area contributed by atoms with Crippen LogP contribution in [0.15, 0.2) is 29.7 Å². The van der Waals surface area contributed by atoms with Crippen molar-refractivity contribution in [3.8, 4) is 11.3 Å². The lowest BCUT2D eigenvalue weighted by Gasteiger charge is -2.35. The summed E-state index contributed by atoms with van der Waals surface area (Å²) < 4.78 is 0. The van der Waals surface area contributed by atoms with E-state index in [1.54, 1.807) is 7.11 Å². The van der Waals surface area contributed by atoms with Gasteiger partial charge in [0.05, 0.1) is 11.4 Å². The van der Waals surface area contributed by atoms with E-state index in [0.29, 0.717) is 5.82 Å². The van der Waals surface area contributed by atoms with Crippen molar-refractivity contribution in [2.24, 2.45) is 11.1 Å². The molecule has 0 radical (unpaired) electrons. The van der Waals surface area contributed by atoms with Crippen LogP contribution in [0.25, 0.3) is 11.3 Å². The van der Waals surface area contributed by atoms with Crippen molar-refractivity contribution >= 4 is 11.5 Å². The Labute approximate surface area is 160 Å². The highest BCUT2D eigenvalue weighted by Crippen LogP contribution is 2.44. The summed E-state index contributed by atoms with van der Waals surface area (Å²) in [5.74, 6) is 1.23. The number of rotatable bonds is 3. The second-order valence-corrected chi connectivity index (χ2v) is 8.01. The summed E-state index contributed by atoms with van der Waals surface area (Å²) in [6.07, 6.45) is 5.09. The first-order valence-corrected chi connectivity index (χ1v) is 9.59. The van der Waals surface area contributed by atoms with E-state index >= 15 is 0 Å². The van der Waals surface area contributed by atoms with Gasteiger partial charge in [0.1, 0.15) is 19.3 Å². The van der Waals surface area contributed by atoms with Gasteiger partial charge >= 0.3 is 0 Å². The van der Waals surface area contributed by atoms with E-state index in [0.717, 1.165) is 53.5 Å². The van der Waals surface area contributed by atoms with Crippen molar-refractivity contribution in [2.75, 3.05) is 25.9 Å². The Bertz CT molecular complexity index is 884. The van der Waals surface area contributed by atoms with Crippen LogP contribution < -0.4 is 11.1 Å². The quantitative estimate of drug-likeness (QED) is 0.817. The zero-order valence-electron chi connectivity index (χ0n) is 16.2. The monoisotopic (exact) mass is 365 g/mol. The Balaban J connectivity index is 1.83. The maximum atomic E-state index is 6.23. The zero-order chi connectivity index (χ0) is 19.0. The third-order valence-corrected chi connectivity index (χ3v) is 5.85. The predicted octanol–water partition coefficient (Wildman–Crippen LogP) is 2.91. The molecular weight excluding hydrogens is 338 g/mol. The van der Waals surface area contributed by atoms with Crippen molar-refractivity contribution in [1.29, 1.82) is 0 Å². The van der Waals surface area contributed by atoms with E-state index in [4.69, 9.17) is 10.6 Å². The molecule has 2 aliphatic rings. The number of hydrogen-bond acceptors (Lipinski definition) is 6. The number of nitrogens with two attached hydrogens (primary N) is 1. The molecule has 1 aromatic heterocycles. The average Bonchev–Trinajstić information content (AvgIpc) is 2.65. The van der Waals surface area contributed by atoms with Gasteiger partial charge in [-0.3, -0.25) is 0 Å². The molecular formula is C21H27N5O. The first-order chi connectivity index (χ1) is 13.0. The van der Waals surface area contributed by atoms with Gasteiger partial charge in [-0.2, -0.15) is 0 Å². The van der Waals surface area contributed by atoms with Crippen molar-refractivity contribution in [3.63, 3.8) is 0 Å². The summed E-state index contributed by atoms with van der Waals surface area (Å²) in [6, 6.07) is 6.63. The topological polar surface area (TPSA) is 85.4 Å². The fraction of sp³-hybridized carbons (Fsp3) is 0.476. The van der Waals surface area contributed by atoms with Crippen LogP contribution in [-0.4, -0.2) is 35.9 Å². The molecule has 1 aliphatic heterocycles. The second kappa shape index (κ2) is 6.93. The highest BCUT2D eigenvalue weighted by molar-refractivity contribution is 6.15. The first-order valence-electron chi connectivity index (χ1n) is 9.59. The second-order valence-electron chi connectivity index (χ2n) is 8.01. The number of fused-ring (bicyclic) bond motifs is 3. The van der Waals surface area contributed by atoms with Gasteiger partial charge in [-0.15, -0.1) is 0 Å². The SMILES string of the molecule is CO/N=C1\c2cc(CC3CCNCC3)ccc2-c2ncnc(N)c2C1(C)C. The minimum absolute atomic E-state index is 0.433. The van der Waals surface area contributed by atoms with Gasteiger partial charge in [0.25, 0.3) is 0 Å². The molecule has 0 bridgehead atoms. The Morgan fingerprint density at radius 3 is 2.74 bits per heavy atom. The fourth-order valence-electron chi connectivity index (χ4n) is 4.47. The molecule has 2 heterocycles. The number of oxime groups is 1. The minimum atomic E-state index is -0.433. The third-order valence-electron chi connectivity index (χ3n) is 5.85. The number of anilines is 1. The lowest BCUT2D eigenvalue weighted by molar-refractivity contribution is 0.211. The van der Waals surface area contributed by atoms with Crippen LogP contribution in [-0.2, 0) is 16.7 Å². The number of hydrogen-bond donors (Lipinski definition) is 2. The summed E-state index contributed by atoms with van der Waals surface area (Å²) in [5.41, 5.74) is 12.0. The minimum Gasteiger partial charge on any atom is -0.399 e. The van der Waals surface area contributed by atoms with Crippen LogP contribution in [0.3, 0.4) is 0 Å². The maximum absolute atomic E-state index is 6.23. The molecule has 0 unspecified atom stereocenters. The van der Waals surface area contributed by atoms with Crippen molar-refractivity contribution in [3.05, 3.63) is 41.2 Å². The molecule has 2 aromatic rings. The van der Waals surface area contributed by atoms with Gasteiger partial charge < -0.3 is 15.9 Å². The van der Waals surface area contributed by atoms with Crippen LogP contribution >= 0.6 is 0 Å². The molecule has 6 heteroatoms. The summed E-state index contributed by atoms with van der Waals surface area (Å²) in [6.45, 7) is 6.43. The number of aromatic nitrogens is 2. The summed E-state index contributed by atoms with van der Waals surface area (Å²) in [5, 5.41) is 7.84. The van der Waals surface area contributed by atoms with E-state index in [1.807, 2.05) is 0 Å². The Morgan fingerprint density at radius 1 is 1.22 bits per heavy atom. The van der Waals surface area contributed by atoms with Gasteiger partial charge in [0, 0.05) is 22.1 Å². The lowest BCUT2D eigenvalue weighted by Crippen LogP contribution is -2.36. The molecule has 3 N–H and O–H groups in total. The largest absolute Gasteiger partial charge is 0.399 e. The Kier molecular flexibility index (Phi) is 4.60. The molecule has 4 rings (SSSR count). The molecule has 1 fully saturated rings. The molecule has 27 heavy (non-hydrogen) atoms. The number of piperidine rings is 1. The van der Waals surface area contributed by atoms with Crippen LogP contribution in [0.4, 0.5) is 5.82 Å². The molecule has 0 amide bonds. The van der Waals surface area contributed by atoms with Crippen molar-refractivity contribution < 1.29 is 4.84 Å². The maximum Gasteiger partial charge on any atom is 0.131 e. The number of nitrogens with zero attached hydrogens (tertiary/aromatic N) is 3. The van der Waals surface area contributed by atoms with Gasteiger partial charge in [0.2, 0.25) is 0 Å². The van der Waals surface area contributed by atoms with Crippen LogP contribution in [0.1, 0.15) is 43.4 Å². The number of nitrogens with one attached hydrogen (secondary N) is 1. The van der Waals surface area contributed by atoms with Gasteiger partial charge in [-0.1, -0.05) is 17.3 Å². The molecule has 0 atom stereocenters. The van der Waals surface area contributed by atoms with E-state index in [2.05, 4.69) is 52.5 Å². The third kappa shape index (κ3) is 3.08. The van der Waals surface area contributed by atoms with Crippen LogP contribution in [0.2, 0.25) is 0 Å². The molecule has 1 aromatic carbocycles. The van der Waals surface area contributed by atoms with Gasteiger partial charge in [-0.25, -0.2) is 9.97 Å². The zero-order valence-corrected chi connectivity index (χ0v) is 16.2. The first kappa shape index (κ1) is 17.9. The molecule has 0 spiro atoms. The normalized spacial score (nSPS) is 20.2. The molecule has 6 nitrogen and oxygen atoms in total. The Hall–Kier alpha value is -2.47. The molecule has 142 valence electrons. The predicted molar refractivity (Wildman–Crippen MR) is 108 cm³/mol. The van der Waals surface area contributed by atoms with Crippen LogP contribution in [0.5, 0.6) is 0 Å². The lowest BCUT2D eigenvalue weighted by atomic mass is 9.70. The number of nitrogen functional groups attached to an aromatic ring is 1. The summed E-state index contributed by atoms with van der Waals surface area (Å²) >= 11 is 0. The summed E-state index contributed by atoms with van der Waals surface area (Å²) in [7, 11) is 1.59. The highest BCUT2D eigenvalue weighted by Gasteiger charge is 2.40. The van der Waals surface area contributed by atoms with E-state index in [9.17, 15) is 0 Å². The smallest absolute Gasteiger partial charge is 0.131 e.